The Morgan fingerprint density at radius 1 is 1.00 bits per heavy atom. The smallest absolute Gasteiger partial charge is 0.341 e. The predicted octanol–water partition coefficient (Wildman–Crippen LogP) is 7.58. The van der Waals surface area contributed by atoms with Crippen molar-refractivity contribution in [3.05, 3.63) is 106 Å². The number of esters is 1. The Kier molecular flexibility index (Phi) is 9.84. The second kappa shape index (κ2) is 13.9. The lowest BCUT2D eigenvalue weighted by Crippen LogP contribution is -2.23. The number of hydrogen-bond acceptors (Lipinski definition) is 7. The van der Waals surface area contributed by atoms with Gasteiger partial charge in [0, 0.05) is 21.0 Å². The van der Waals surface area contributed by atoms with E-state index in [1.54, 1.807) is 44.4 Å². The van der Waals surface area contributed by atoms with Gasteiger partial charge in [-0.2, -0.15) is 0 Å². The Morgan fingerprint density at radius 3 is 2.49 bits per heavy atom. The molecular formula is C34H34N2O5S2. The summed E-state index contributed by atoms with van der Waals surface area (Å²) in [5, 5.41) is 6.04. The fraction of sp³-hybridized carbons (Fsp3) is 0.265. The number of nitrogens with one attached hydrogen (secondary N) is 2. The molecule has 0 radical (unpaired) electrons. The SMILES string of the molecule is CCOC(=O)c1c(NC(=O)C(C)Sc2cccc(NC(=O)c3ccc(OC)cc3)c2)sc2c1CCC(c1ccccc1)C2. The number of thiophene rings is 1. The molecular weight excluding hydrogens is 581 g/mol. The molecule has 9 heteroatoms. The Labute approximate surface area is 260 Å². The average Bonchev–Trinajstić information content (AvgIpc) is 3.38. The van der Waals surface area contributed by atoms with Crippen LogP contribution in [0.15, 0.2) is 83.8 Å². The maximum Gasteiger partial charge on any atom is 0.341 e. The molecule has 2 unspecified atom stereocenters. The number of methoxy groups -OCH3 is 1. The maximum atomic E-state index is 13.4. The minimum absolute atomic E-state index is 0.207. The van der Waals surface area contributed by atoms with Gasteiger partial charge in [-0.25, -0.2) is 4.79 Å². The summed E-state index contributed by atoms with van der Waals surface area (Å²) in [7, 11) is 1.58. The molecule has 0 fully saturated rings. The van der Waals surface area contributed by atoms with Gasteiger partial charge in [-0.15, -0.1) is 23.1 Å². The van der Waals surface area contributed by atoms with Crippen LogP contribution in [0, 0.1) is 0 Å². The molecule has 0 saturated heterocycles. The van der Waals surface area contributed by atoms with Gasteiger partial charge in [0.15, 0.2) is 0 Å². The maximum absolute atomic E-state index is 13.4. The molecule has 0 aliphatic heterocycles. The van der Waals surface area contributed by atoms with Gasteiger partial charge in [-0.1, -0.05) is 36.4 Å². The summed E-state index contributed by atoms with van der Waals surface area (Å²) in [5.74, 6) is 0.211. The number of carbonyl (C=O) groups excluding carboxylic acids is 3. The Balaban J connectivity index is 1.27. The summed E-state index contributed by atoms with van der Waals surface area (Å²) in [4.78, 5) is 41.1. The molecule has 7 nitrogen and oxygen atoms in total. The van der Waals surface area contributed by atoms with Gasteiger partial charge in [-0.3, -0.25) is 9.59 Å². The number of hydrogen-bond donors (Lipinski definition) is 2. The third-order valence-corrected chi connectivity index (χ3v) is 9.64. The van der Waals surface area contributed by atoms with E-state index in [9.17, 15) is 14.4 Å². The van der Waals surface area contributed by atoms with E-state index in [1.165, 1.54) is 28.7 Å². The van der Waals surface area contributed by atoms with Gasteiger partial charge in [0.2, 0.25) is 5.91 Å². The molecule has 5 rings (SSSR count). The Hall–Kier alpha value is -4.08. The van der Waals surface area contributed by atoms with E-state index < -0.39 is 11.2 Å². The summed E-state index contributed by atoms with van der Waals surface area (Å²) in [6.45, 7) is 3.87. The first kappa shape index (κ1) is 30.4. The highest BCUT2D eigenvalue weighted by Crippen LogP contribution is 2.43. The zero-order valence-corrected chi connectivity index (χ0v) is 26.0. The van der Waals surface area contributed by atoms with E-state index in [4.69, 9.17) is 9.47 Å². The zero-order chi connectivity index (χ0) is 30.3. The van der Waals surface area contributed by atoms with Crippen LogP contribution in [0.25, 0.3) is 0 Å². The molecule has 2 amide bonds. The molecule has 222 valence electrons. The van der Waals surface area contributed by atoms with Crippen molar-refractivity contribution in [3.63, 3.8) is 0 Å². The number of carbonyl (C=O) groups is 3. The fourth-order valence-electron chi connectivity index (χ4n) is 5.17. The molecule has 1 aliphatic carbocycles. The van der Waals surface area contributed by atoms with Crippen LogP contribution in [0.1, 0.15) is 62.9 Å². The van der Waals surface area contributed by atoms with Crippen molar-refractivity contribution in [2.24, 2.45) is 0 Å². The standard InChI is InChI=1S/C34H34N2O5S2/c1-4-41-34(39)30-28-18-15-24(22-9-6-5-7-10-22)19-29(28)43-33(30)36-31(37)21(2)42-27-12-8-11-25(20-27)35-32(38)23-13-16-26(40-3)17-14-23/h5-14,16-17,20-21,24H,4,15,18-19H2,1-3H3,(H,35,38)(H,36,37). The summed E-state index contributed by atoms with van der Waals surface area (Å²) in [6.07, 6.45) is 2.52. The van der Waals surface area contributed by atoms with Crippen molar-refractivity contribution in [2.75, 3.05) is 24.4 Å². The van der Waals surface area contributed by atoms with E-state index in [0.717, 1.165) is 34.6 Å². The first-order valence-corrected chi connectivity index (χ1v) is 16.0. The van der Waals surface area contributed by atoms with Crippen molar-refractivity contribution in [1.29, 1.82) is 0 Å². The highest BCUT2D eigenvalue weighted by atomic mass is 32.2. The molecule has 2 atom stereocenters. The minimum atomic E-state index is -0.459. The van der Waals surface area contributed by atoms with E-state index in [2.05, 4.69) is 34.9 Å². The first-order valence-electron chi connectivity index (χ1n) is 14.3. The lowest BCUT2D eigenvalue weighted by atomic mass is 9.83. The number of rotatable bonds is 10. The molecule has 0 bridgehead atoms. The molecule has 0 spiro atoms. The number of fused-ring (bicyclic) bond motifs is 1. The highest BCUT2D eigenvalue weighted by molar-refractivity contribution is 8.00. The lowest BCUT2D eigenvalue weighted by Gasteiger charge is -2.23. The lowest BCUT2D eigenvalue weighted by molar-refractivity contribution is -0.115. The summed E-state index contributed by atoms with van der Waals surface area (Å²) in [5.41, 5.74) is 3.91. The van der Waals surface area contributed by atoms with Crippen LogP contribution in [-0.2, 0) is 22.4 Å². The molecule has 3 aromatic carbocycles. The normalized spacial score (nSPS) is 14.7. The van der Waals surface area contributed by atoms with Gasteiger partial charge in [0.05, 0.1) is 24.5 Å². The molecule has 0 saturated carbocycles. The van der Waals surface area contributed by atoms with Gasteiger partial charge in [0.1, 0.15) is 10.8 Å². The Morgan fingerprint density at radius 2 is 1.77 bits per heavy atom. The number of thioether (sulfide) groups is 1. The van der Waals surface area contributed by atoms with Crippen molar-refractivity contribution in [3.8, 4) is 5.75 Å². The van der Waals surface area contributed by atoms with E-state index in [0.29, 0.717) is 33.5 Å². The topological polar surface area (TPSA) is 93.7 Å². The second-order valence-corrected chi connectivity index (χ2v) is 12.8. The van der Waals surface area contributed by atoms with E-state index in [1.807, 2.05) is 31.2 Å². The zero-order valence-electron chi connectivity index (χ0n) is 24.3. The van der Waals surface area contributed by atoms with Crippen LogP contribution < -0.4 is 15.4 Å². The second-order valence-electron chi connectivity index (χ2n) is 10.2. The van der Waals surface area contributed by atoms with E-state index in [-0.39, 0.29) is 18.4 Å². The largest absolute Gasteiger partial charge is 0.497 e. The minimum Gasteiger partial charge on any atom is -0.497 e. The Bertz CT molecular complexity index is 1600. The highest BCUT2D eigenvalue weighted by Gasteiger charge is 2.31. The van der Waals surface area contributed by atoms with Gasteiger partial charge < -0.3 is 20.1 Å². The van der Waals surface area contributed by atoms with Crippen LogP contribution in [0.4, 0.5) is 10.7 Å². The van der Waals surface area contributed by atoms with Crippen molar-refractivity contribution < 1.29 is 23.9 Å². The average molecular weight is 615 g/mol. The summed E-state index contributed by atoms with van der Waals surface area (Å²) in [6, 6.07) is 24.7. The third-order valence-electron chi connectivity index (χ3n) is 7.38. The van der Waals surface area contributed by atoms with Gasteiger partial charge >= 0.3 is 5.97 Å². The van der Waals surface area contributed by atoms with Gasteiger partial charge in [-0.05, 0) is 92.6 Å². The van der Waals surface area contributed by atoms with Gasteiger partial charge in [0.25, 0.3) is 5.91 Å². The van der Waals surface area contributed by atoms with Crippen LogP contribution in [0.3, 0.4) is 0 Å². The number of anilines is 2. The number of ether oxygens (including phenoxy) is 2. The molecule has 1 aliphatic rings. The molecule has 1 heterocycles. The third kappa shape index (κ3) is 7.29. The van der Waals surface area contributed by atoms with Crippen molar-refractivity contribution >= 4 is 51.6 Å². The predicted molar refractivity (Wildman–Crippen MR) is 173 cm³/mol. The van der Waals surface area contributed by atoms with Crippen LogP contribution in [-0.4, -0.2) is 36.8 Å². The molecule has 43 heavy (non-hydrogen) atoms. The molecule has 4 aromatic rings. The summed E-state index contributed by atoms with van der Waals surface area (Å²) < 4.78 is 10.6. The van der Waals surface area contributed by atoms with Crippen molar-refractivity contribution in [1.82, 2.24) is 0 Å². The van der Waals surface area contributed by atoms with E-state index >= 15 is 0 Å². The first-order chi connectivity index (χ1) is 20.9. The fourth-order valence-corrected chi connectivity index (χ4v) is 7.41. The van der Waals surface area contributed by atoms with Crippen LogP contribution in [0.5, 0.6) is 5.75 Å². The monoisotopic (exact) mass is 614 g/mol. The van der Waals surface area contributed by atoms with Crippen molar-refractivity contribution in [2.45, 2.75) is 49.2 Å². The molecule has 2 N–H and O–H groups in total. The van der Waals surface area contributed by atoms with Crippen LogP contribution in [0.2, 0.25) is 0 Å². The molecule has 1 aromatic heterocycles. The summed E-state index contributed by atoms with van der Waals surface area (Å²) >= 11 is 2.86. The quantitative estimate of drug-likeness (QED) is 0.141. The number of amides is 2. The number of benzene rings is 3. The van der Waals surface area contributed by atoms with Crippen LogP contribution >= 0.6 is 23.1 Å².